The molecule has 1 aliphatic rings. The Bertz CT molecular complexity index is 598. The molecule has 0 aliphatic carbocycles. The smallest absolute Gasteiger partial charge is 0.191 e. The van der Waals surface area contributed by atoms with Gasteiger partial charge in [0.25, 0.3) is 0 Å². The average Bonchev–Trinajstić information content (AvgIpc) is 3.25. The second-order valence-electron chi connectivity index (χ2n) is 7.38. The molecular weight excluding hydrogens is 473 g/mol. The first-order chi connectivity index (χ1) is 12.9. The predicted molar refractivity (Wildman–Crippen MR) is 122 cm³/mol. The molecule has 2 atom stereocenters. The van der Waals surface area contributed by atoms with Crippen molar-refractivity contribution in [2.24, 2.45) is 10.9 Å². The van der Waals surface area contributed by atoms with Crippen LogP contribution in [0.1, 0.15) is 43.8 Å². The van der Waals surface area contributed by atoms with E-state index >= 15 is 0 Å². The predicted octanol–water partition coefficient (Wildman–Crippen LogP) is 2.72. The van der Waals surface area contributed by atoms with Crippen LogP contribution in [0.15, 0.2) is 15.5 Å². The molecule has 1 fully saturated rings. The maximum absolute atomic E-state index is 10.8. The minimum atomic E-state index is -1.07. The highest BCUT2D eigenvalue weighted by molar-refractivity contribution is 14.0. The number of ether oxygens (including phenoxy) is 2. The summed E-state index contributed by atoms with van der Waals surface area (Å²) in [5.74, 6) is 2.77. The van der Waals surface area contributed by atoms with Crippen LogP contribution >= 0.6 is 24.0 Å². The molecule has 1 saturated heterocycles. The molecule has 0 spiro atoms. The van der Waals surface area contributed by atoms with E-state index in [2.05, 4.69) is 15.6 Å². The molecule has 0 radical (unpaired) electrons. The lowest BCUT2D eigenvalue weighted by Crippen LogP contribution is -2.39. The topological polar surface area (TPSA) is 88.3 Å². The summed E-state index contributed by atoms with van der Waals surface area (Å²) in [5.41, 5.74) is -0.291. The minimum absolute atomic E-state index is 0. The second-order valence-corrected chi connectivity index (χ2v) is 7.38. The van der Waals surface area contributed by atoms with Gasteiger partial charge in [0.15, 0.2) is 5.96 Å². The summed E-state index contributed by atoms with van der Waals surface area (Å²) in [6.07, 6.45) is 2.00. The zero-order valence-corrected chi connectivity index (χ0v) is 19.9. The third kappa shape index (κ3) is 8.26. The monoisotopic (exact) mass is 509 g/mol. The highest BCUT2D eigenvalue weighted by atomic mass is 127. The average molecular weight is 509 g/mol. The van der Waals surface area contributed by atoms with E-state index in [9.17, 15) is 5.11 Å². The molecule has 2 rings (SSSR count). The molecule has 1 aromatic heterocycles. The molecule has 7 nitrogen and oxygen atoms in total. The van der Waals surface area contributed by atoms with Gasteiger partial charge in [0.1, 0.15) is 17.1 Å². The van der Waals surface area contributed by atoms with Gasteiger partial charge in [0.05, 0.1) is 19.8 Å². The number of nitrogens with zero attached hydrogens (tertiary/aromatic N) is 1. The largest absolute Gasteiger partial charge is 0.466 e. The molecule has 0 bridgehead atoms. The lowest BCUT2D eigenvalue weighted by atomic mass is 9.96. The third-order valence-corrected chi connectivity index (χ3v) is 4.65. The summed E-state index contributed by atoms with van der Waals surface area (Å²) in [4.78, 5) is 4.54. The first-order valence-electron chi connectivity index (χ1n) is 9.90. The summed E-state index contributed by atoms with van der Waals surface area (Å²) in [5, 5.41) is 17.3. The van der Waals surface area contributed by atoms with E-state index in [0.29, 0.717) is 18.5 Å². The van der Waals surface area contributed by atoms with Gasteiger partial charge in [0, 0.05) is 37.8 Å². The van der Waals surface area contributed by atoms with Crippen LogP contribution in [0.2, 0.25) is 0 Å². The van der Waals surface area contributed by atoms with Gasteiger partial charge in [-0.15, -0.1) is 24.0 Å². The maximum atomic E-state index is 10.8. The van der Waals surface area contributed by atoms with Crippen molar-refractivity contribution >= 4 is 29.9 Å². The molecule has 2 heterocycles. The van der Waals surface area contributed by atoms with Gasteiger partial charge in [-0.25, -0.2) is 4.99 Å². The number of hydrogen-bond acceptors (Lipinski definition) is 5. The van der Waals surface area contributed by atoms with Crippen LogP contribution in [0, 0.1) is 19.8 Å². The van der Waals surface area contributed by atoms with Gasteiger partial charge >= 0.3 is 0 Å². The van der Waals surface area contributed by atoms with Crippen molar-refractivity contribution in [2.45, 2.75) is 46.1 Å². The fourth-order valence-electron chi connectivity index (χ4n) is 3.17. The standard InChI is InChI=1S/C20H35N3O4.HI/c1-5-21-19(22-8-6-9-25-12-17-7-10-26-13-17)23-14-20(4,24)18-11-15(2)27-16(18)3;/h11,17,24H,5-10,12-14H2,1-4H3,(H2,21,22,23);1H. The summed E-state index contributed by atoms with van der Waals surface area (Å²) in [7, 11) is 0. The number of aliphatic imine (C=N–C) groups is 1. The van der Waals surface area contributed by atoms with Gasteiger partial charge in [-0.3, -0.25) is 0 Å². The van der Waals surface area contributed by atoms with E-state index in [1.54, 1.807) is 6.92 Å². The molecule has 2 unspecified atom stereocenters. The van der Waals surface area contributed by atoms with Crippen molar-refractivity contribution < 1.29 is 19.0 Å². The van der Waals surface area contributed by atoms with Gasteiger partial charge < -0.3 is 29.6 Å². The van der Waals surface area contributed by atoms with Gasteiger partial charge in [0.2, 0.25) is 0 Å². The zero-order valence-electron chi connectivity index (χ0n) is 17.5. The number of nitrogens with one attached hydrogen (secondary N) is 2. The molecule has 1 aliphatic heterocycles. The van der Waals surface area contributed by atoms with Crippen LogP contribution in [-0.2, 0) is 15.1 Å². The Labute approximate surface area is 185 Å². The van der Waals surface area contributed by atoms with Crippen LogP contribution in [-0.4, -0.2) is 57.1 Å². The molecule has 1 aromatic rings. The fraction of sp³-hybridized carbons (Fsp3) is 0.750. The van der Waals surface area contributed by atoms with Crippen molar-refractivity contribution in [2.75, 3.05) is 46.1 Å². The highest BCUT2D eigenvalue weighted by Crippen LogP contribution is 2.27. The van der Waals surface area contributed by atoms with Crippen LogP contribution in [0.25, 0.3) is 0 Å². The quantitative estimate of drug-likeness (QED) is 0.195. The number of rotatable bonds is 10. The Balaban J connectivity index is 0.00000392. The van der Waals surface area contributed by atoms with Crippen LogP contribution in [0.3, 0.4) is 0 Å². The maximum Gasteiger partial charge on any atom is 0.191 e. The fourth-order valence-corrected chi connectivity index (χ4v) is 3.17. The van der Waals surface area contributed by atoms with Crippen LogP contribution < -0.4 is 10.6 Å². The Morgan fingerprint density at radius 3 is 2.79 bits per heavy atom. The lowest BCUT2D eigenvalue weighted by Gasteiger charge is -2.21. The number of aliphatic hydroxyl groups is 1. The van der Waals surface area contributed by atoms with Crippen molar-refractivity contribution in [3.8, 4) is 0 Å². The minimum Gasteiger partial charge on any atom is -0.466 e. The van der Waals surface area contributed by atoms with Crippen LogP contribution in [0.5, 0.6) is 0 Å². The number of aryl methyl sites for hydroxylation is 2. The van der Waals surface area contributed by atoms with Crippen LogP contribution in [0.4, 0.5) is 0 Å². The van der Waals surface area contributed by atoms with E-state index in [1.165, 1.54) is 0 Å². The normalized spacial score (nSPS) is 19.2. The highest BCUT2D eigenvalue weighted by Gasteiger charge is 2.27. The molecule has 0 aromatic carbocycles. The van der Waals surface area contributed by atoms with Crippen molar-refractivity contribution in [3.63, 3.8) is 0 Å². The lowest BCUT2D eigenvalue weighted by molar-refractivity contribution is 0.0656. The summed E-state index contributed by atoms with van der Waals surface area (Å²) in [6, 6.07) is 1.87. The molecule has 0 saturated carbocycles. The molecule has 8 heteroatoms. The zero-order chi connectivity index (χ0) is 19.7. The van der Waals surface area contributed by atoms with Gasteiger partial charge in [-0.1, -0.05) is 0 Å². The first kappa shape index (κ1) is 25.2. The van der Waals surface area contributed by atoms with E-state index in [4.69, 9.17) is 13.9 Å². The second kappa shape index (κ2) is 12.7. The first-order valence-corrected chi connectivity index (χ1v) is 9.90. The molecule has 3 N–H and O–H groups in total. The van der Waals surface area contributed by atoms with Crippen molar-refractivity contribution in [1.29, 1.82) is 0 Å². The Morgan fingerprint density at radius 2 is 2.18 bits per heavy atom. The van der Waals surface area contributed by atoms with Crippen molar-refractivity contribution in [1.82, 2.24) is 10.6 Å². The number of guanidine groups is 1. The van der Waals surface area contributed by atoms with Gasteiger partial charge in [-0.2, -0.15) is 0 Å². The summed E-state index contributed by atoms with van der Waals surface area (Å²) < 4.78 is 16.6. The SMILES string of the molecule is CCNC(=NCC(C)(O)c1cc(C)oc1C)NCCCOCC1CCOC1.I. The Morgan fingerprint density at radius 1 is 1.39 bits per heavy atom. The summed E-state index contributed by atoms with van der Waals surface area (Å²) >= 11 is 0. The Kier molecular flexibility index (Phi) is 11.4. The van der Waals surface area contributed by atoms with E-state index in [0.717, 1.165) is 62.8 Å². The Hall–Kier alpha value is -0.840. The molecule has 0 amide bonds. The molecule has 28 heavy (non-hydrogen) atoms. The molecule has 162 valence electrons. The third-order valence-electron chi connectivity index (χ3n) is 4.65. The number of furan rings is 1. The summed E-state index contributed by atoms with van der Waals surface area (Å²) in [6.45, 7) is 12.5. The van der Waals surface area contributed by atoms with Gasteiger partial charge in [-0.05, 0) is 46.6 Å². The van der Waals surface area contributed by atoms with Crippen molar-refractivity contribution in [3.05, 3.63) is 23.2 Å². The van der Waals surface area contributed by atoms with E-state index < -0.39 is 5.60 Å². The van der Waals surface area contributed by atoms with E-state index in [-0.39, 0.29) is 30.5 Å². The molecular formula is C20H36IN3O4. The van der Waals surface area contributed by atoms with E-state index in [1.807, 2.05) is 26.8 Å². The number of hydrogen-bond donors (Lipinski definition) is 3. The number of halogens is 1.